The number of amides is 1. The molecule has 0 heterocycles. The first-order valence-corrected chi connectivity index (χ1v) is 6.46. The minimum absolute atomic E-state index is 0.277. The molecule has 1 aliphatic rings. The zero-order valence-corrected chi connectivity index (χ0v) is 11.2. The Balaban J connectivity index is 2.22. The Labute approximate surface area is 112 Å². The van der Waals surface area contributed by atoms with Crippen molar-refractivity contribution in [2.45, 2.75) is 31.2 Å². The van der Waals surface area contributed by atoms with Crippen LogP contribution >= 0.6 is 15.9 Å². The molecule has 0 atom stereocenters. The van der Waals surface area contributed by atoms with Crippen molar-refractivity contribution in [3.63, 3.8) is 0 Å². The van der Waals surface area contributed by atoms with Crippen molar-refractivity contribution in [2.24, 2.45) is 5.73 Å². The molecule has 0 aliphatic heterocycles. The number of nitrogens with one attached hydrogen (secondary N) is 1. The molecule has 0 spiro atoms. The van der Waals surface area contributed by atoms with E-state index < -0.39 is 28.8 Å². The average molecular weight is 319 g/mol. The number of halogens is 3. The standard InChI is InChI=1S/C12H13BrF2N2O/c13-7-5-8(14)10(9(15)6-7)17-11(18)12(16)3-1-2-4-12/h5-6H,1-4,16H2,(H,17,18). The van der Waals surface area contributed by atoms with Crippen molar-refractivity contribution in [1.29, 1.82) is 0 Å². The molecule has 1 aliphatic carbocycles. The van der Waals surface area contributed by atoms with E-state index >= 15 is 0 Å². The molecule has 1 fully saturated rings. The van der Waals surface area contributed by atoms with Gasteiger partial charge in [0.1, 0.15) is 5.69 Å². The van der Waals surface area contributed by atoms with Gasteiger partial charge in [-0.25, -0.2) is 8.78 Å². The highest BCUT2D eigenvalue weighted by molar-refractivity contribution is 9.10. The summed E-state index contributed by atoms with van der Waals surface area (Å²) in [6.07, 6.45) is 2.79. The molecule has 0 bridgehead atoms. The monoisotopic (exact) mass is 318 g/mol. The molecule has 3 N–H and O–H groups in total. The smallest absolute Gasteiger partial charge is 0.244 e. The molecule has 0 aromatic heterocycles. The van der Waals surface area contributed by atoms with Crippen LogP contribution in [-0.4, -0.2) is 11.4 Å². The van der Waals surface area contributed by atoms with Gasteiger partial charge >= 0.3 is 0 Å². The van der Waals surface area contributed by atoms with Crippen LogP contribution in [-0.2, 0) is 4.79 Å². The first-order valence-electron chi connectivity index (χ1n) is 5.67. The van der Waals surface area contributed by atoms with E-state index in [1.165, 1.54) is 0 Å². The maximum absolute atomic E-state index is 13.6. The van der Waals surface area contributed by atoms with E-state index in [1.54, 1.807) is 0 Å². The second-order valence-electron chi connectivity index (χ2n) is 4.56. The Morgan fingerprint density at radius 2 is 1.78 bits per heavy atom. The predicted octanol–water partition coefficient (Wildman–Crippen LogP) is 2.94. The summed E-state index contributed by atoms with van der Waals surface area (Å²) >= 11 is 2.97. The van der Waals surface area contributed by atoms with Gasteiger partial charge in [-0.2, -0.15) is 0 Å². The predicted molar refractivity (Wildman–Crippen MR) is 68.1 cm³/mol. The molecular formula is C12H13BrF2N2O. The van der Waals surface area contributed by atoms with Gasteiger partial charge in [-0.05, 0) is 25.0 Å². The molecule has 1 amide bonds. The quantitative estimate of drug-likeness (QED) is 0.880. The minimum atomic E-state index is -1.01. The zero-order valence-electron chi connectivity index (χ0n) is 9.60. The fourth-order valence-electron chi connectivity index (χ4n) is 2.13. The van der Waals surface area contributed by atoms with Gasteiger partial charge < -0.3 is 11.1 Å². The number of anilines is 1. The van der Waals surface area contributed by atoms with Crippen molar-refractivity contribution >= 4 is 27.5 Å². The third-order valence-electron chi connectivity index (χ3n) is 3.19. The summed E-state index contributed by atoms with van der Waals surface area (Å²) in [6.45, 7) is 0. The van der Waals surface area contributed by atoms with Crippen LogP contribution in [0.3, 0.4) is 0 Å². The van der Waals surface area contributed by atoms with Crippen molar-refractivity contribution in [1.82, 2.24) is 0 Å². The van der Waals surface area contributed by atoms with E-state index in [0.29, 0.717) is 12.8 Å². The Hall–Kier alpha value is -1.01. The molecule has 0 saturated heterocycles. The highest BCUT2D eigenvalue weighted by Crippen LogP contribution is 2.30. The molecule has 1 saturated carbocycles. The number of carbonyl (C=O) groups excluding carboxylic acids is 1. The molecule has 0 radical (unpaired) electrons. The van der Waals surface area contributed by atoms with E-state index in [4.69, 9.17) is 5.73 Å². The lowest BCUT2D eigenvalue weighted by atomic mass is 9.98. The summed E-state index contributed by atoms with van der Waals surface area (Å²) in [5, 5.41) is 2.25. The van der Waals surface area contributed by atoms with Crippen LogP contribution in [0.25, 0.3) is 0 Å². The molecule has 2 rings (SSSR count). The van der Waals surface area contributed by atoms with Crippen LogP contribution in [0.15, 0.2) is 16.6 Å². The number of hydrogen-bond acceptors (Lipinski definition) is 2. The van der Waals surface area contributed by atoms with E-state index in [-0.39, 0.29) is 4.47 Å². The first kappa shape index (κ1) is 13.4. The second kappa shape index (κ2) is 4.93. The van der Waals surface area contributed by atoms with Crippen LogP contribution < -0.4 is 11.1 Å². The molecule has 18 heavy (non-hydrogen) atoms. The van der Waals surface area contributed by atoms with Gasteiger partial charge in [-0.1, -0.05) is 28.8 Å². The van der Waals surface area contributed by atoms with Crippen LogP contribution in [0.1, 0.15) is 25.7 Å². The van der Waals surface area contributed by atoms with Gasteiger partial charge in [0.15, 0.2) is 11.6 Å². The van der Waals surface area contributed by atoms with E-state index in [9.17, 15) is 13.6 Å². The molecule has 1 aromatic rings. The molecule has 3 nitrogen and oxygen atoms in total. The summed E-state index contributed by atoms with van der Waals surface area (Å²) in [5.74, 6) is -2.17. The summed E-state index contributed by atoms with van der Waals surface area (Å²) < 4.78 is 27.4. The molecule has 0 unspecified atom stereocenters. The van der Waals surface area contributed by atoms with Crippen LogP contribution in [0.2, 0.25) is 0 Å². The van der Waals surface area contributed by atoms with E-state index in [2.05, 4.69) is 21.2 Å². The van der Waals surface area contributed by atoms with Gasteiger partial charge in [0.25, 0.3) is 0 Å². The summed E-state index contributed by atoms with van der Waals surface area (Å²) in [5.41, 5.74) is 4.46. The minimum Gasteiger partial charge on any atom is -0.320 e. The molecule has 1 aromatic carbocycles. The largest absolute Gasteiger partial charge is 0.320 e. The third kappa shape index (κ3) is 2.54. The fraction of sp³-hybridized carbons (Fsp3) is 0.417. The van der Waals surface area contributed by atoms with Crippen LogP contribution in [0.4, 0.5) is 14.5 Å². The Bertz CT molecular complexity index is 464. The lowest BCUT2D eigenvalue weighted by molar-refractivity contribution is -0.121. The summed E-state index contributed by atoms with van der Waals surface area (Å²) in [6, 6.07) is 2.19. The topological polar surface area (TPSA) is 55.1 Å². The highest BCUT2D eigenvalue weighted by atomic mass is 79.9. The zero-order chi connectivity index (χ0) is 13.3. The third-order valence-corrected chi connectivity index (χ3v) is 3.65. The van der Waals surface area contributed by atoms with Gasteiger partial charge in [0, 0.05) is 4.47 Å². The Kier molecular flexibility index (Phi) is 3.68. The van der Waals surface area contributed by atoms with Crippen LogP contribution in [0.5, 0.6) is 0 Å². The lowest BCUT2D eigenvalue weighted by Gasteiger charge is -2.22. The summed E-state index contributed by atoms with van der Waals surface area (Å²) in [7, 11) is 0. The molecule has 98 valence electrons. The van der Waals surface area contributed by atoms with Gasteiger partial charge in [0.2, 0.25) is 5.91 Å². The maximum Gasteiger partial charge on any atom is 0.244 e. The number of rotatable bonds is 2. The van der Waals surface area contributed by atoms with Crippen LogP contribution in [0, 0.1) is 11.6 Å². The number of benzene rings is 1. The average Bonchev–Trinajstić information content (AvgIpc) is 2.71. The maximum atomic E-state index is 13.6. The van der Waals surface area contributed by atoms with Gasteiger partial charge in [-0.15, -0.1) is 0 Å². The first-order chi connectivity index (χ1) is 8.42. The van der Waals surface area contributed by atoms with Crippen molar-refractivity contribution in [3.05, 3.63) is 28.2 Å². The van der Waals surface area contributed by atoms with E-state index in [0.717, 1.165) is 25.0 Å². The Morgan fingerprint density at radius 1 is 1.28 bits per heavy atom. The highest BCUT2D eigenvalue weighted by Gasteiger charge is 2.37. The lowest BCUT2D eigenvalue weighted by Crippen LogP contribution is -2.48. The summed E-state index contributed by atoms with van der Waals surface area (Å²) in [4.78, 5) is 11.9. The van der Waals surface area contributed by atoms with Crippen molar-refractivity contribution in [3.8, 4) is 0 Å². The number of carbonyl (C=O) groups is 1. The van der Waals surface area contributed by atoms with Crippen molar-refractivity contribution in [2.75, 3.05) is 5.32 Å². The molecular weight excluding hydrogens is 306 g/mol. The second-order valence-corrected chi connectivity index (χ2v) is 5.48. The van der Waals surface area contributed by atoms with Gasteiger partial charge in [-0.3, -0.25) is 4.79 Å². The fourth-order valence-corrected chi connectivity index (χ4v) is 2.53. The normalized spacial score (nSPS) is 17.8. The number of hydrogen-bond donors (Lipinski definition) is 2. The van der Waals surface area contributed by atoms with E-state index in [1.807, 2.05) is 0 Å². The van der Waals surface area contributed by atoms with Crippen molar-refractivity contribution < 1.29 is 13.6 Å². The Morgan fingerprint density at radius 3 is 2.28 bits per heavy atom. The van der Waals surface area contributed by atoms with Gasteiger partial charge in [0.05, 0.1) is 5.54 Å². The SMILES string of the molecule is NC1(C(=O)Nc2c(F)cc(Br)cc2F)CCCC1. The number of nitrogens with two attached hydrogens (primary N) is 1. The molecule has 6 heteroatoms.